The molecule has 0 spiro atoms. The summed E-state index contributed by atoms with van der Waals surface area (Å²) in [5, 5.41) is 2.40. The summed E-state index contributed by atoms with van der Waals surface area (Å²) in [5.41, 5.74) is 0.185. The second kappa shape index (κ2) is 7.51. The van der Waals surface area contributed by atoms with Crippen molar-refractivity contribution in [1.29, 1.82) is 0 Å². The van der Waals surface area contributed by atoms with Crippen molar-refractivity contribution in [1.82, 2.24) is 14.9 Å². The zero-order valence-corrected chi connectivity index (χ0v) is 14.2. The summed E-state index contributed by atoms with van der Waals surface area (Å²) in [6.07, 6.45) is 0. The standard InChI is InChI=1S/C14H20FN3O4S/c1-9-7-11(5-6-12(9)15)23(21,22)17-8-13(19)18(4)10(2)14(20)16-3/h5-7,10,17H,8H2,1-4H3,(H,16,20)/t10-/m0/s1. The van der Waals surface area contributed by atoms with Crippen LogP contribution in [-0.4, -0.2) is 51.8 Å². The fourth-order valence-corrected chi connectivity index (χ4v) is 2.81. The van der Waals surface area contributed by atoms with E-state index in [9.17, 15) is 22.4 Å². The van der Waals surface area contributed by atoms with Crippen LogP contribution < -0.4 is 10.0 Å². The van der Waals surface area contributed by atoms with Crippen LogP contribution in [0.2, 0.25) is 0 Å². The highest BCUT2D eigenvalue weighted by Crippen LogP contribution is 2.14. The second-order valence-corrected chi connectivity index (χ2v) is 6.80. The van der Waals surface area contributed by atoms with Crippen LogP contribution >= 0.6 is 0 Å². The number of hydrogen-bond donors (Lipinski definition) is 2. The zero-order valence-electron chi connectivity index (χ0n) is 13.4. The molecule has 0 aromatic heterocycles. The van der Waals surface area contributed by atoms with Crippen LogP contribution in [0.5, 0.6) is 0 Å². The number of likely N-dealkylation sites (N-methyl/N-ethyl adjacent to an activating group) is 2. The van der Waals surface area contributed by atoms with E-state index in [4.69, 9.17) is 0 Å². The molecule has 1 rings (SSSR count). The van der Waals surface area contributed by atoms with Crippen molar-refractivity contribution < 1.29 is 22.4 Å². The quantitative estimate of drug-likeness (QED) is 0.759. The molecule has 1 aromatic rings. The highest BCUT2D eigenvalue weighted by Gasteiger charge is 2.23. The van der Waals surface area contributed by atoms with Gasteiger partial charge in [-0.2, -0.15) is 0 Å². The average molecular weight is 345 g/mol. The Morgan fingerprint density at radius 1 is 1.35 bits per heavy atom. The van der Waals surface area contributed by atoms with Crippen LogP contribution in [0.15, 0.2) is 23.1 Å². The van der Waals surface area contributed by atoms with Crippen molar-refractivity contribution in [2.45, 2.75) is 24.8 Å². The molecule has 0 radical (unpaired) electrons. The van der Waals surface area contributed by atoms with Gasteiger partial charge in [0.15, 0.2) is 0 Å². The van der Waals surface area contributed by atoms with Gasteiger partial charge < -0.3 is 10.2 Å². The fourth-order valence-electron chi connectivity index (χ4n) is 1.75. The molecule has 0 saturated heterocycles. The lowest BCUT2D eigenvalue weighted by Crippen LogP contribution is -2.48. The normalized spacial score (nSPS) is 12.6. The van der Waals surface area contributed by atoms with Crippen molar-refractivity contribution in [3.8, 4) is 0 Å². The van der Waals surface area contributed by atoms with Gasteiger partial charge in [0.25, 0.3) is 0 Å². The molecule has 2 N–H and O–H groups in total. The Morgan fingerprint density at radius 3 is 2.48 bits per heavy atom. The molecular weight excluding hydrogens is 325 g/mol. The third kappa shape index (κ3) is 4.73. The topological polar surface area (TPSA) is 95.6 Å². The van der Waals surface area contributed by atoms with Crippen molar-refractivity contribution in [3.05, 3.63) is 29.6 Å². The predicted octanol–water partition coefficient (Wildman–Crippen LogP) is 0.00532. The van der Waals surface area contributed by atoms with E-state index in [1.54, 1.807) is 0 Å². The van der Waals surface area contributed by atoms with E-state index in [-0.39, 0.29) is 16.4 Å². The highest BCUT2D eigenvalue weighted by molar-refractivity contribution is 7.89. The maximum Gasteiger partial charge on any atom is 0.242 e. The van der Waals surface area contributed by atoms with Gasteiger partial charge >= 0.3 is 0 Å². The van der Waals surface area contributed by atoms with Gasteiger partial charge in [-0.05, 0) is 37.6 Å². The smallest absolute Gasteiger partial charge is 0.242 e. The molecule has 0 unspecified atom stereocenters. The lowest BCUT2D eigenvalue weighted by Gasteiger charge is -2.23. The summed E-state index contributed by atoms with van der Waals surface area (Å²) in [7, 11) is -1.10. The Morgan fingerprint density at radius 2 is 1.96 bits per heavy atom. The number of carbonyl (C=O) groups is 2. The molecule has 23 heavy (non-hydrogen) atoms. The number of rotatable bonds is 6. The number of benzene rings is 1. The molecule has 0 aliphatic rings. The lowest BCUT2D eigenvalue weighted by molar-refractivity contribution is -0.137. The average Bonchev–Trinajstić information content (AvgIpc) is 2.52. The van der Waals surface area contributed by atoms with Gasteiger partial charge in [-0.25, -0.2) is 17.5 Å². The lowest BCUT2D eigenvalue weighted by atomic mass is 10.2. The molecule has 0 heterocycles. The first-order valence-corrected chi connectivity index (χ1v) is 8.31. The molecule has 9 heteroatoms. The minimum absolute atomic E-state index is 0.133. The summed E-state index contributed by atoms with van der Waals surface area (Å²) in [6.45, 7) is 2.46. The van der Waals surface area contributed by atoms with Crippen LogP contribution in [0, 0.1) is 12.7 Å². The van der Waals surface area contributed by atoms with E-state index in [1.165, 1.54) is 34.0 Å². The highest BCUT2D eigenvalue weighted by atomic mass is 32.2. The number of nitrogens with one attached hydrogen (secondary N) is 2. The third-order valence-electron chi connectivity index (χ3n) is 3.45. The molecule has 0 aliphatic carbocycles. The predicted molar refractivity (Wildman–Crippen MR) is 82.6 cm³/mol. The molecule has 2 amide bonds. The Hall–Kier alpha value is -2.00. The summed E-state index contributed by atoms with van der Waals surface area (Å²) >= 11 is 0. The second-order valence-electron chi connectivity index (χ2n) is 5.03. The van der Waals surface area contributed by atoms with Gasteiger partial charge in [-0.1, -0.05) is 0 Å². The minimum atomic E-state index is -3.94. The summed E-state index contributed by atoms with van der Waals surface area (Å²) in [5.74, 6) is -1.44. The Balaban J connectivity index is 2.77. The van der Waals surface area contributed by atoms with Crippen LogP contribution in [0.3, 0.4) is 0 Å². The van der Waals surface area contributed by atoms with Crippen LogP contribution in [-0.2, 0) is 19.6 Å². The maximum atomic E-state index is 13.2. The van der Waals surface area contributed by atoms with Gasteiger partial charge in [0.2, 0.25) is 21.8 Å². The van der Waals surface area contributed by atoms with Crippen LogP contribution in [0.25, 0.3) is 0 Å². The van der Waals surface area contributed by atoms with Crippen molar-refractivity contribution in [3.63, 3.8) is 0 Å². The number of aryl methyl sites for hydroxylation is 1. The van der Waals surface area contributed by atoms with Crippen LogP contribution in [0.4, 0.5) is 4.39 Å². The monoisotopic (exact) mass is 345 g/mol. The van der Waals surface area contributed by atoms with Crippen molar-refractivity contribution >= 4 is 21.8 Å². The number of nitrogens with zero attached hydrogens (tertiary/aromatic N) is 1. The van der Waals surface area contributed by atoms with E-state index in [2.05, 4.69) is 10.0 Å². The first-order valence-electron chi connectivity index (χ1n) is 6.83. The molecule has 1 aromatic carbocycles. The van der Waals surface area contributed by atoms with Gasteiger partial charge in [0, 0.05) is 14.1 Å². The van der Waals surface area contributed by atoms with E-state index in [1.807, 2.05) is 0 Å². The first kappa shape index (κ1) is 19.0. The first-order chi connectivity index (χ1) is 10.6. The van der Waals surface area contributed by atoms with E-state index in [0.29, 0.717) is 0 Å². The molecule has 7 nitrogen and oxygen atoms in total. The molecule has 0 fully saturated rings. The van der Waals surface area contributed by atoms with E-state index in [0.717, 1.165) is 17.0 Å². The number of halogens is 1. The molecule has 1 atom stereocenters. The molecule has 0 aliphatic heterocycles. The van der Waals surface area contributed by atoms with Gasteiger partial charge in [0.1, 0.15) is 11.9 Å². The number of sulfonamides is 1. The Kier molecular flexibility index (Phi) is 6.22. The summed E-state index contributed by atoms with van der Waals surface area (Å²) < 4.78 is 39.5. The molecule has 128 valence electrons. The Labute approximate surface area is 134 Å². The van der Waals surface area contributed by atoms with Crippen molar-refractivity contribution in [2.75, 3.05) is 20.6 Å². The fraction of sp³-hybridized carbons (Fsp3) is 0.429. The summed E-state index contributed by atoms with van der Waals surface area (Å²) in [6, 6.07) is 2.61. The van der Waals surface area contributed by atoms with Crippen molar-refractivity contribution in [2.24, 2.45) is 0 Å². The third-order valence-corrected chi connectivity index (χ3v) is 4.85. The van der Waals surface area contributed by atoms with Gasteiger partial charge in [-0.15, -0.1) is 0 Å². The number of hydrogen-bond acceptors (Lipinski definition) is 4. The molecule has 0 bridgehead atoms. The molecular formula is C14H20FN3O4S. The minimum Gasteiger partial charge on any atom is -0.357 e. The molecule has 0 saturated carbocycles. The van der Waals surface area contributed by atoms with Gasteiger partial charge in [0.05, 0.1) is 11.4 Å². The number of carbonyl (C=O) groups excluding carboxylic acids is 2. The maximum absolute atomic E-state index is 13.2. The number of amides is 2. The van der Waals surface area contributed by atoms with Gasteiger partial charge in [-0.3, -0.25) is 9.59 Å². The summed E-state index contributed by atoms with van der Waals surface area (Å²) in [4.78, 5) is 24.4. The van der Waals surface area contributed by atoms with E-state index >= 15 is 0 Å². The largest absolute Gasteiger partial charge is 0.357 e. The van der Waals surface area contributed by atoms with Crippen LogP contribution in [0.1, 0.15) is 12.5 Å². The Bertz CT molecular complexity index is 706. The van der Waals surface area contributed by atoms with E-state index < -0.39 is 34.3 Å². The SMILES string of the molecule is CNC(=O)[C@H](C)N(C)C(=O)CNS(=O)(=O)c1ccc(F)c(C)c1. The zero-order chi connectivity index (χ0) is 17.8.